The molecule has 3 heterocycles. The summed E-state index contributed by atoms with van der Waals surface area (Å²) < 4.78 is 18.4. The van der Waals surface area contributed by atoms with Gasteiger partial charge in [-0.2, -0.15) is 10.2 Å². The number of aryl methyl sites for hydroxylation is 1. The highest BCUT2D eigenvalue weighted by molar-refractivity contribution is 5.88. The number of benzene rings is 1. The molecule has 3 aromatic heterocycles. The third-order valence-corrected chi connectivity index (χ3v) is 5.16. The summed E-state index contributed by atoms with van der Waals surface area (Å²) in [4.78, 5) is 25.8. The Bertz CT molecular complexity index is 1320. The van der Waals surface area contributed by atoms with Crippen LogP contribution in [0.3, 0.4) is 0 Å². The molecule has 4 rings (SSSR count). The van der Waals surface area contributed by atoms with Crippen LogP contribution in [0.25, 0.3) is 22.4 Å². The second kappa shape index (κ2) is 8.78. The summed E-state index contributed by atoms with van der Waals surface area (Å²) in [6.07, 6.45) is 4.42. The number of halogens is 1. The van der Waals surface area contributed by atoms with Crippen molar-refractivity contribution >= 4 is 16.8 Å². The summed E-state index contributed by atoms with van der Waals surface area (Å²) in [6, 6.07) is 9.64. The predicted molar refractivity (Wildman–Crippen MR) is 120 cm³/mol. The molecule has 0 saturated carbocycles. The van der Waals surface area contributed by atoms with Crippen molar-refractivity contribution in [2.24, 2.45) is 5.92 Å². The van der Waals surface area contributed by atoms with E-state index in [9.17, 15) is 14.0 Å². The number of nitrogens with zero attached hydrogens (tertiary/aromatic N) is 5. The standard InChI is InChI=1S/C23H25FN6O2/c1-15(2)9-10-25-19(31)14-29-23(32)20-21(16(3)26-29)27-30(18-8-6-7-17(24)13-18)22(20)28-11-4-5-12-28/h4-8,11-13,15H,9-10,14H2,1-3H3,(H,25,31). The highest BCUT2D eigenvalue weighted by Crippen LogP contribution is 2.24. The van der Waals surface area contributed by atoms with Crippen molar-refractivity contribution < 1.29 is 9.18 Å². The fourth-order valence-corrected chi connectivity index (χ4v) is 3.56. The van der Waals surface area contributed by atoms with Crippen LogP contribution in [0.4, 0.5) is 4.39 Å². The predicted octanol–water partition coefficient (Wildman–Crippen LogP) is 2.98. The summed E-state index contributed by atoms with van der Waals surface area (Å²) in [7, 11) is 0. The van der Waals surface area contributed by atoms with Crippen LogP contribution in [0.1, 0.15) is 26.0 Å². The van der Waals surface area contributed by atoms with Crippen molar-refractivity contribution in [3.8, 4) is 11.5 Å². The third kappa shape index (κ3) is 4.18. The molecule has 1 amide bonds. The number of amides is 1. The molecule has 0 bridgehead atoms. The topological polar surface area (TPSA) is 86.7 Å². The number of carbonyl (C=O) groups is 1. The van der Waals surface area contributed by atoms with Crippen molar-refractivity contribution in [1.29, 1.82) is 0 Å². The van der Waals surface area contributed by atoms with Crippen molar-refractivity contribution in [3.05, 3.63) is 70.7 Å². The van der Waals surface area contributed by atoms with Gasteiger partial charge in [-0.3, -0.25) is 9.59 Å². The van der Waals surface area contributed by atoms with E-state index in [2.05, 4.69) is 29.4 Å². The fraction of sp³-hybridized carbons (Fsp3) is 0.304. The average Bonchev–Trinajstić information content (AvgIpc) is 3.39. The van der Waals surface area contributed by atoms with Crippen LogP contribution in [0.15, 0.2) is 53.6 Å². The molecule has 0 aliphatic carbocycles. The minimum atomic E-state index is -0.434. The van der Waals surface area contributed by atoms with Gasteiger partial charge in [-0.1, -0.05) is 19.9 Å². The van der Waals surface area contributed by atoms with Gasteiger partial charge in [-0.15, -0.1) is 0 Å². The molecule has 32 heavy (non-hydrogen) atoms. The van der Waals surface area contributed by atoms with E-state index in [-0.39, 0.29) is 12.5 Å². The van der Waals surface area contributed by atoms with Gasteiger partial charge in [0.05, 0.1) is 11.4 Å². The molecule has 166 valence electrons. The van der Waals surface area contributed by atoms with E-state index in [0.29, 0.717) is 40.6 Å². The smallest absolute Gasteiger partial charge is 0.280 e. The summed E-state index contributed by atoms with van der Waals surface area (Å²) in [5, 5.41) is 12.0. The molecule has 1 N–H and O–H groups in total. The van der Waals surface area contributed by atoms with E-state index < -0.39 is 11.4 Å². The molecule has 4 aromatic rings. The quantitative estimate of drug-likeness (QED) is 0.483. The Labute approximate surface area is 184 Å². The lowest BCUT2D eigenvalue weighted by atomic mass is 10.1. The minimum absolute atomic E-state index is 0.191. The molecular formula is C23H25FN6O2. The Hall–Kier alpha value is -3.75. The highest BCUT2D eigenvalue weighted by Gasteiger charge is 2.22. The van der Waals surface area contributed by atoms with Gasteiger partial charge in [0.25, 0.3) is 5.56 Å². The first-order chi connectivity index (χ1) is 15.3. The van der Waals surface area contributed by atoms with Crippen LogP contribution >= 0.6 is 0 Å². The van der Waals surface area contributed by atoms with Gasteiger partial charge >= 0.3 is 0 Å². The van der Waals surface area contributed by atoms with Crippen molar-refractivity contribution in [3.63, 3.8) is 0 Å². The molecule has 8 nitrogen and oxygen atoms in total. The molecule has 0 radical (unpaired) electrons. The summed E-state index contributed by atoms with van der Waals surface area (Å²) in [5.74, 6) is 0.234. The maximum absolute atomic E-state index is 13.9. The van der Waals surface area contributed by atoms with E-state index in [1.807, 2.05) is 12.1 Å². The van der Waals surface area contributed by atoms with Gasteiger partial charge in [0.15, 0.2) is 5.82 Å². The van der Waals surface area contributed by atoms with Gasteiger partial charge in [0.1, 0.15) is 23.3 Å². The molecule has 0 aliphatic heterocycles. The molecule has 1 aromatic carbocycles. The van der Waals surface area contributed by atoms with Gasteiger partial charge in [0, 0.05) is 18.9 Å². The van der Waals surface area contributed by atoms with Crippen LogP contribution in [-0.4, -0.2) is 36.6 Å². The number of hydrogen-bond acceptors (Lipinski definition) is 4. The Morgan fingerprint density at radius 2 is 1.91 bits per heavy atom. The lowest BCUT2D eigenvalue weighted by Crippen LogP contribution is -2.35. The van der Waals surface area contributed by atoms with Gasteiger partial charge in [-0.05, 0) is 49.6 Å². The van der Waals surface area contributed by atoms with Crippen molar-refractivity contribution in [1.82, 2.24) is 29.4 Å². The van der Waals surface area contributed by atoms with E-state index in [4.69, 9.17) is 0 Å². The number of carbonyl (C=O) groups excluding carboxylic acids is 1. The Kier molecular flexibility index (Phi) is 5.89. The molecule has 0 unspecified atom stereocenters. The SMILES string of the molecule is Cc1nn(CC(=O)NCCC(C)C)c(=O)c2c(-n3cccc3)n(-c3cccc(F)c3)nc12. The fourth-order valence-electron chi connectivity index (χ4n) is 3.56. The zero-order valence-corrected chi connectivity index (χ0v) is 18.2. The number of fused-ring (bicyclic) bond motifs is 1. The molecule has 0 atom stereocenters. The van der Waals surface area contributed by atoms with Crippen LogP contribution < -0.4 is 10.9 Å². The van der Waals surface area contributed by atoms with Crippen LogP contribution in [0, 0.1) is 18.7 Å². The van der Waals surface area contributed by atoms with E-state index in [0.717, 1.165) is 11.1 Å². The lowest BCUT2D eigenvalue weighted by molar-refractivity contribution is -0.121. The highest BCUT2D eigenvalue weighted by atomic mass is 19.1. The Morgan fingerprint density at radius 1 is 1.16 bits per heavy atom. The number of rotatable bonds is 7. The third-order valence-electron chi connectivity index (χ3n) is 5.16. The van der Waals surface area contributed by atoms with Gasteiger partial charge in [0.2, 0.25) is 5.91 Å². The maximum Gasteiger partial charge on any atom is 0.280 e. The van der Waals surface area contributed by atoms with Gasteiger partial charge < -0.3 is 9.88 Å². The molecule has 0 fully saturated rings. The van der Waals surface area contributed by atoms with Gasteiger partial charge in [-0.25, -0.2) is 13.8 Å². The normalized spacial score (nSPS) is 11.4. The Morgan fingerprint density at radius 3 is 2.59 bits per heavy atom. The molecule has 0 saturated heterocycles. The molecule has 9 heteroatoms. The molecule has 0 spiro atoms. The van der Waals surface area contributed by atoms with Crippen molar-refractivity contribution in [2.45, 2.75) is 33.7 Å². The zero-order valence-electron chi connectivity index (χ0n) is 18.2. The summed E-state index contributed by atoms with van der Waals surface area (Å²) >= 11 is 0. The number of hydrogen-bond donors (Lipinski definition) is 1. The second-order valence-electron chi connectivity index (χ2n) is 8.11. The van der Waals surface area contributed by atoms with Crippen LogP contribution in [-0.2, 0) is 11.3 Å². The van der Waals surface area contributed by atoms with E-state index in [1.165, 1.54) is 16.8 Å². The maximum atomic E-state index is 13.9. The first-order valence-electron chi connectivity index (χ1n) is 10.5. The zero-order chi connectivity index (χ0) is 22.8. The lowest BCUT2D eigenvalue weighted by Gasteiger charge is -2.10. The number of nitrogens with one attached hydrogen (secondary N) is 1. The van der Waals surface area contributed by atoms with Crippen LogP contribution in [0.5, 0.6) is 0 Å². The van der Waals surface area contributed by atoms with Crippen LogP contribution in [0.2, 0.25) is 0 Å². The first kappa shape index (κ1) is 21.5. The van der Waals surface area contributed by atoms with Crippen molar-refractivity contribution in [2.75, 3.05) is 6.54 Å². The average molecular weight is 436 g/mol. The second-order valence-corrected chi connectivity index (χ2v) is 8.11. The molecule has 0 aliphatic rings. The van der Waals surface area contributed by atoms with E-state index >= 15 is 0 Å². The minimum Gasteiger partial charge on any atom is -0.354 e. The molecular weight excluding hydrogens is 411 g/mol. The van der Waals surface area contributed by atoms with E-state index in [1.54, 1.807) is 36.0 Å². The monoisotopic (exact) mass is 436 g/mol. The largest absolute Gasteiger partial charge is 0.354 e. The first-order valence-corrected chi connectivity index (χ1v) is 10.5. The summed E-state index contributed by atoms with van der Waals surface area (Å²) in [6.45, 7) is 6.24. The Balaban J connectivity index is 1.84. The number of aromatic nitrogens is 5. The summed E-state index contributed by atoms with van der Waals surface area (Å²) in [5.41, 5.74) is 0.940.